The van der Waals surface area contributed by atoms with E-state index >= 15 is 0 Å². The molecule has 3 aliphatic rings. The van der Waals surface area contributed by atoms with Crippen molar-refractivity contribution in [2.75, 3.05) is 18.0 Å². The van der Waals surface area contributed by atoms with Crippen LogP contribution in [0.3, 0.4) is 0 Å². The van der Waals surface area contributed by atoms with E-state index in [1.807, 2.05) is 4.90 Å². The molecule has 0 bridgehead atoms. The maximum Gasteiger partial charge on any atom is 0.325 e. The standard InChI is InChI=1S/C16H18FN3O2/c17-12-4-1-2-5-13(12)19-9-6-11(10-19)20-14(21)16(7-3-8-16)18-15(20)22/h1-2,4-5,11H,3,6-10H2,(H,18,22). The number of benzene rings is 1. The van der Waals surface area contributed by atoms with Crippen molar-refractivity contribution in [3.63, 3.8) is 0 Å². The van der Waals surface area contributed by atoms with E-state index in [4.69, 9.17) is 0 Å². The predicted molar refractivity (Wildman–Crippen MR) is 79.0 cm³/mol. The summed E-state index contributed by atoms with van der Waals surface area (Å²) < 4.78 is 13.9. The van der Waals surface area contributed by atoms with Crippen molar-refractivity contribution < 1.29 is 14.0 Å². The Bertz CT molecular complexity index is 644. The first kappa shape index (κ1) is 13.5. The second-order valence-corrected chi connectivity index (χ2v) is 6.38. The fourth-order valence-electron chi connectivity index (χ4n) is 3.72. The predicted octanol–water partition coefficient (Wildman–Crippen LogP) is 1.88. The lowest BCUT2D eigenvalue weighted by atomic mass is 9.77. The van der Waals surface area contributed by atoms with Gasteiger partial charge in [0.1, 0.15) is 11.4 Å². The Hall–Kier alpha value is -2.11. The van der Waals surface area contributed by atoms with Crippen LogP contribution in [0.15, 0.2) is 24.3 Å². The van der Waals surface area contributed by atoms with Crippen LogP contribution in [0.2, 0.25) is 0 Å². The van der Waals surface area contributed by atoms with Gasteiger partial charge in [0.25, 0.3) is 5.91 Å². The minimum absolute atomic E-state index is 0.0934. The van der Waals surface area contributed by atoms with E-state index in [1.54, 1.807) is 18.2 Å². The monoisotopic (exact) mass is 303 g/mol. The Morgan fingerprint density at radius 1 is 1.23 bits per heavy atom. The molecule has 2 heterocycles. The number of imide groups is 1. The molecular formula is C16H18FN3O2. The van der Waals surface area contributed by atoms with Crippen molar-refractivity contribution >= 4 is 17.6 Å². The van der Waals surface area contributed by atoms with Gasteiger partial charge in [-0.15, -0.1) is 0 Å². The Morgan fingerprint density at radius 2 is 2.00 bits per heavy atom. The minimum Gasteiger partial charge on any atom is -0.367 e. The van der Waals surface area contributed by atoms with Crippen LogP contribution in [0.5, 0.6) is 0 Å². The molecule has 1 aromatic rings. The molecule has 1 spiro atoms. The van der Waals surface area contributed by atoms with Gasteiger partial charge in [-0.05, 0) is 37.8 Å². The first-order chi connectivity index (χ1) is 10.6. The lowest BCUT2D eigenvalue weighted by Crippen LogP contribution is -2.53. The van der Waals surface area contributed by atoms with E-state index in [0.717, 1.165) is 19.3 Å². The average Bonchev–Trinajstić information content (AvgIpc) is 3.01. The largest absolute Gasteiger partial charge is 0.367 e. The summed E-state index contributed by atoms with van der Waals surface area (Å²) in [5, 5.41) is 2.85. The van der Waals surface area contributed by atoms with Gasteiger partial charge in [0, 0.05) is 13.1 Å². The number of rotatable bonds is 2. The van der Waals surface area contributed by atoms with Crippen molar-refractivity contribution in [2.45, 2.75) is 37.3 Å². The fourth-order valence-corrected chi connectivity index (χ4v) is 3.72. The summed E-state index contributed by atoms with van der Waals surface area (Å²) in [6.07, 6.45) is 3.13. The molecule has 3 fully saturated rings. The Labute approximate surface area is 128 Å². The van der Waals surface area contributed by atoms with E-state index in [-0.39, 0.29) is 23.8 Å². The van der Waals surface area contributed by atoms with Crippen LogP contribution in [-0.4, -0.2) is 41.5 Å². The van der Waals surface area contributed by atoms with E-state index in [0.29, 0.717) is 25.2 Å². The van der Waals surface area contributed by atoms with Gasteiger partial charge in [-0.3, -0.25) is 9.69 Å². The molecular weight excluding hydrogens is 285 g/mol. The van der Waals surface area contributed by atoms with Crippen LogP contribution in [-0.2, 0) is 4.79 Å². The van der Waals surface area contributed by atoms with Crippen LogP contribution >= 0.6 is 0 Å². The first-order valence-corrected chi connectivity index (χ1v) is 7.76. The van der Waals surface area contributed by atoms with Gasteiger partial charge < -0.3 is 10.2 Å². The number of carbonyl (C=O) groups is 2. The SMILES string of the molecule is O=C1NC2(CCC2)C(=O)N1C1CCN(c2ccccc2F)C1. The summed E-state index contributed by atoms with van der Waals surface area (Å²) in [5.41, 5.74) is -0.0990. The summed E-state index contributed by atoms with van der Waals surface area (Å²) in [5.74, 6) is -0.361. The number of para-hydroxylation sites is 1. The van der Waals surface area contributed by atoms with Crippen molar-refractivity contribution in [3.05, 3.63) is 30.1 Å². The highest BCUT2D eigenvalue weighted by Crippen LogP contribution is 2.39. The molecule has 1 N–H and O–H groups in total. The molecule has 1 aromatic carbocycles. The average molecular weight is 303 g/mol. The van der Waals surface area contributed by atoms with Crippen LogP contribution in [0.4, 0.5) is 14.9 Å². The Balaban J connectivity index is 1.52. The van der Waals surface area contributed by atoms with E-state index in [9.17, 15) is 14.0 Å². The molecule has 4 rings (SSSR count). The van der Waals surface area contributed by atoms with Crippen LogP contribution in [0.25, 0.3) is 0 Å². The molecule has 1 aliphatic carbocycles. The highest BCUT2D eigenvalue weighted by atomic mass is 19.1. The van der Waals surface area contributed by atoms with Crippen LogP contribution < -0.4 is 10.2 Å². The van der Waals surface area contributed by atoms with Crippen molar-refractivity contribution in [3.8, 4) is 0 Å². The number of urea groups is 1. The maximum atomic E-state index is 13.9. The van der Waals surface area contributed by atoms with Crippen molar-refractivity contribution in [1.82, 2.24) is 10.2 Å². The molecule has 22 heavy (non-hydrogen) atoms. The lowest BCUT2D eigenvalue weighted by molar-refractivity contribution is -0.135. The molecule has 0 radical (unpaired) electrons. The summed E-state index contributed by atoms with van der Waals surface area (Å²) >= 11 is 0. The second-order valence-electron chi connectivity index (χ2n) is 6.38. The molecule has 5 nitrogen and oxygen atoms in total. The number of nitrogens with one attached hydrogen (secondary N) is 1. The summed E-state index contributed by atoms with van der Waals surface area (Å²) in [7, 11) is 0. The zero-order chi connectivity index (χ0) is 15.3. The van der Waals surface area contributed by atoms with Crippen molar-refractivity contribution in [2.24, 2.45) is 0 Å². The zero-order valence-corrected chi connectivity index (χ0v) is 12.2. The van der Waals surface area contributed by atoms with E-state index < -0.39 is 5.54 Å². The highest BCUT2D eigenvalue weighted by molar-refractivity contribution is 6.08. The van der Waals surface area contributed by atoms with Crippen LogP contribution in [0.1, 0.15) is 25.7 Å². The van der Waals surface area contributed by atoms with Crippen LogP contribution in [0, 0.1) is 5.82 Å². The first-order valence-electron chi connectivity index (χ1n) is 7.76. The van der Waals surface area contributed by atoms with Gasteiger partial charge in [0.2, 0.25) is 0 Å². The molecule has 3 amide bonds. The minimum atomic E-state index is -0.636. The Kier molecular flexibility index (Phi) is 2.89. The maximum absolute atomic E-state index is 13.9. The molecule has 2 aliphatic heterocycles. The summed E-state index contributed by atoms with van der Waals surface area (Å²) in [6, 6.07) is 6.15. The molecule has 1 atom stereocenters. The third-order valence-electron chi connectivity index (χ3n) is 5.12. The second kappa shape index (κ2) is 4.69. The molecule has 1 saturated carbocycles. The number of amides is 3. The van der Waals surface area contributed by atoms with Gasteiger partial charge in [-0.1, -0.05) is 12.1 Å². The van der Waals surface area contributed by atoms with Gasteiger partial charge >= 0.3 is 6.03 Å². The van der Waals surface area contributed by atoms with Gasteiger partial charge in [-0.2, -0.15) is 0 Å². The van der Waals surface area contributed by atoms with Gasteiger partial charge in [0.15, 0.2) is 0 Å². The molecule has 0 aromatic heterocycles. The normalized spacial score (nSPS) is 26.5. The number of halogens is 1. The number of anilines is 1. The molecule has 6 heteroatoms. The number of hydrogen-bond acceptors (Lipinski definition) is 3. The molecule has 1 unspecified atom stereocenters. The lowest BCUT2D eigenvalue weighted by Gasteiger charge is -2.35. The van der Waals surface area contributed by atoms with Gasteiger partial charge in [0.05, 0.1) is 11.7 Å². The third kappa shape index (κ3) is 1.82. The summed E-state index contributed by atoms with van der Waals surface area (Å²) in [4.78, 5) is 28.0. The van der Waals surface area contributed by atoms with Gasteiger partial charge in [-0.25, -0.2) is 9.18 Å². The quantitative estimate of drug-likeness (QED) is 0.849. The topological polar surface area (TPSA) is 52.7 Å². The summed E-state index contributed by atoms with van der Waals surface area (Å²) in [6.45, 7) is 1.14. The Morgan fingerprint density at radius 3 is 2.64 bits per heavy atom. The zero-order valence-electron chi connectivity index (χ0n) is 12.2. The molecule has 116 valence electrons. The third-order valence-corrected chi connectivity index (χ3v) is 5.12. The highest BCUT2D eigenvalue weighted by Gasteiger charge is 2.56. The fraction of sp³-hybridized carbons (Fsp3) is 0.500. The van der Waals surface area contributed by atoms with Crippen molar-refractivity contribution in [1.29, 1.82) is 0 Å². The molecule has 2 saturated heterocycles. The number of carbonyl (C=O) groups excluding carboxylic acids is 2. The smallest absolute Gasteiger partial charge is 0.325 e. The van der Waals surface area contributed by atoms with E-state index in [2.05, 4.69) is 5.32 Å². The number of nitrogens with zero attached hydrogens (tertiary/aromatic N) is 2. The van der Waals surface area contributed by atoms with E-state index in [1.165, 1.54) is 11.0 Å². The number of hydrogen-bond donors (Lipinski definition) is 1.